The normalized spacial score (nSPS) is 14.5. The zero-order valence-electron chi connectivity index (χ0n) is 17.5. The molecule has 0 unspecified atom stereocenters. The Bertz CT molecular complexity index is 789. The zero-order chi connectivity index (χ0) is 20.9. The molecule has 1 heterocycles. The van der Waals surface area contributed by atoms with E-state index < -0.39 is 21.6 Å². The predicted octanol–water partition coefficient (Wildman–Crippen LogP) is 3.41. The van der Waals surface area contributed by atoms with Crippen LogP contribution in [0.5, 0.6) is 0 Å². The van der Waals surface area contributed by atoms with Crippen LogP contribution in [0.25, 0.3) is 0 Å². The Morgan fingerprint density at radius 1 is 0.433 bits per heavy atom. The van der Waals surface area contributed by atoms with Gasteiger partial charge in [-0.15, -0.1) is 0 Å². The molecule has 6 nitrogen and oxygen atoms in total. The van der Waals surface area contributed by atoms with Gasteiger partial charge in [0, 0.05) is 38.4 Å². The molecule has 1 saturated heterocycles. The number of hydrogen-bond acceptors (Lipinski definition) is 6. The average molecular weight is 399 g/mol. The van der Waals surface area contributed by atoms with Gasteiger partial charge in [-0.3, -0.25) is 0 Å². The third-order valence-electron chi connectivity index (χ3n) is 5.22. The van der Waals surface area contributed by atoms with E-state index in [1.165, 1.54) is 0 Å². The number of benzene rings is 3. The van der Waals surface area contributed by atoms with Crippen LogP contribution in [0.3, 0.4) is 0 Å². The first-order chi connectivity index (χ1) is 14.8. The van der Waals surface area contributed by atoms with Crippen molar-refractivity contribution in [3.05, 3.63) is 91.0 Å². The van der Waals surface area contributed by atoms with Gasteiger partial charge in [-0.05, 0) is 36.4 Å². The molecule has 3 aromatic carbocycles. The summed E-state index contributed by atoms with van der Waals surface area (Å²) in [7, 11) is 3.75. The molecule has 0 radical (unpaired) electrons. The molecule has 1 fully saturated rings. The summed E-state index contributed by atoms with van der Waals surface area (Å²) in [6.07, 6.45) is 0. The molecule has 0 spiro atoms. The number of rotatable bonds is 6. The van der Waals surface area contributed by atoms with Crippen molar-refractivity contribution in [3.8, 4) is 0 Å². The maximum atomic E-state index is 6.04. The summed E-state index contributed by atoms with van der Waals surface area (Å²) in [6.45, 7) is 0. The highest BCUT2D eigenvalue weighted by molar-refractivity contribution is 7.00. The van der Waals surface area contributed by atoms with E-state index >= 15 is 0 Å². The first kappa shape index (κ1) is 20.4. The molecule has 30 heavy (non-hydrogen) atoms. The lowest BCUT2D eigenvalue weighted by Crippen LogP contribution is -2.80. The highest BCUT2D eigenvalue weighted by Crippen LogP contribution is 2.33. The van der Waals surface area contributed by atoms with Crippen LogP contribution in [-0.2, 0) is 14.0 Å². The fourth-order valence-electron chi connectivity index (χ4n) is 3.98. The molecule has 9 heteroatoms. The lowest BCUT2D eigenvalue weighted by Gasteiger charge is -2.52. The molecule has 4 rings (SSSR count). The monoisotopic (exact) mass is 399 g/mol. The highest BCUT2D eigenvalue weighted by Gasteiger charge is 2.58. The van der Waals surface area contributed by atoms with Crippen LogP contribution in [0.2, 0.25) is 0 Å². The maximum Gasteiger partial charge on any atom is 0.529 e. The number of hydrogen-bond donors (Lipinski definition) is 0. The summed E-state index contributed by atoms with van der Waals surface area (Å²) in [5.41, 5.74) is 2.94. The molecule has 1 aliphatic heterocycles. The van der Waals surface area contributed by atoms with Crippen LogP contribution in [-0.4, -0.2) is 42.9 Å². The quantitative estimate of drug-likeness (QED) is 0.592. The van der Waals surface area contributed by atoms with Crippen molar-refractivity contribution in [2.24, 2.45) is 0 Å². The van der Waals surface area contributed by atoms with Gasteiger partial charge in [0.25, 0.3) is 0 Å². The van der Waals surface area contributed by atoms with Crippen molar-refractivity contribution in [1.82, 2.24) is 0 Å². The van der Waals surface area contributed by atoms with E-state index in [-0.39, 0.29) is 0 Å². The molecule has 0 aromatic heterocycles. The third kappa shape index (κ3) is 3.67. The summed E-state index contributed by atoms with van der Waals surface area (Å²) in [5, 5.41) is 0. The molecule has 150 valence electrons. The largest absolute Gasteiger partial charge is 0.529 e. The minimum atomic E-state index is -0.454. The van der Waals surface area contributed by atoms with Crippen molar-refractivity contribution in [1.29, 1.82) is 0 Å². The average Bonchev–Trinajstić information content (AvgIpc) is 2.83. The minimum absolute atomic E-state index is 0.454. The van der Waals surface area contributed by atoms with E-state index in [2.05, 4.69) is 50.6 Å². The van der Waals surface area contributed by atoms with Crippen molar-refractivity contribution in [2.45, 2.75) is 0 Å². The second kappa shape index (κ2) is 9.30. The van der Waals surface area contributed by atoms with Gasteiger partial charge in [0.15, 0.2) is 0 Å². The smallest absolute Gasteiger partial charge is 0.402 e. The van der Waals surface area contributed by atoms with Gasteiger partial charge in [-0.2, -0.15) is 0 Å². The molecule has 0 atom stereocenters. The SMILES string of the molecule is COB1N(c2ccccc2)B(OC)N(c2ccccc2)B(OC)N1c1ccccc1. The van der Waals surface area contributed by atoms with Crippen molar-refractivity contribution >= 4 is 38.6 Å². The van der Waals surface area contributed by atoms with Gasteiger partial charge in [0.1, 0.15) is 0 Å². The number of nitrogens with zero attached hydrogens (tertiary/aromatic N) is 3. The van der Waals surface area contributed by atoms with E-state index in [4.69, 9.17) is 14.0 Å². The Labute approximate surface area is 179 Å². The summed E-state index contributed by atoms with van der Waals surface area (Å²) in [6, 6.07) is 30.4. The van der Waals surface area contributed by atoms with E-state index in [1.54, 1.807) is 21.3 Å². The van der Waals surface area contributed by atoms with Crippen LogP contribution < -0.4 is 14.2 Å². The fraction of sp³-hybridized carbons (Fsp3) is 0.143. The second-order valence-corrected chi connectivity index (χ2v) is 6.91. The Morgan fingerprint density at radius 2 is 0.667 bits per heavy atom. The Kier molecular flexibility index (Phi) is 6.33. The zero-order valence-corrected chi connectivity index (χ0v) is 17.5. The van der Waals surface area contributed by atoms with Gasteiger partial charge in [-0.1, -0.05) is 54.6 Å². The van der Waals surface area contributed by atoms with Crippen LogP contribution in [0.4, 0.5) is 17.1 Å². The standard InChI is InChI=1S/C21H24B3N3O3/c1-28-22-25(19-13-7-4-8-14-19)23(29-2)27(21-17-11-6-12-18-21)24(30-3)26(22)20-15-9-5-10-16-20/h4-18H,1-3H3. The Balaban J connectivity index is 1.91. The predicted molar refractivity (Wildman–Crippen MR) is 125 cm³/mol. The van der Waals surface area contributed by atoms with Gasteiger partial charge < -0.3 is 28.1 Å². The molecule has 0 aliphatic carbocycles. The van der Waals surface area contributed by atoms with Gasteiger partial charge in [0.05, 0.1) is 0 Å². The first-order valence-electron chi connectivity index (χ1n) is 9.88. The Hall–Kier alpha value is -2.87. The van der Waals surface area contributed by atoms with Crippen LogP contribution >= 0.6 is 0 Å². The number of anilines is 3. The topological polar surface area (TPSA) is 37.4 Å². The molecule has 0 N–H and O–H groups in total. The lowest BCUT2D eigenvalue weighted by molar-refractivity contribution is 0.379. The third-order valence-corrected chi connectivity index (χ3v) is 5.22. The van der Waals surface area contributed by atoms with Gasteiger partial charge >= 0.3 is 21.6 Å². The summed E-state index contributed by atoms with van der Waals surface area (Å²) in [4.78, 5) is 0. The van der Waals surface area contributed by atoms with Crippen LogP contribution in [0, 0.1) is 0 Å². The summed E-state index contributed by atoms with van der Waals surface area (Å²) >= 11 is 0. The molecule has 0 bridgehead atoms. The van der Waals surface area contributed by atoms with Crippen LogP contribution in [0.15, 0.2) is 91.0 Å². The molecule has 0 amide bonds. The van der Waals surface area contributed by atoms with E-state index in [0.717, 1.165) is 17.1 Å². The molecular formula is C21H24B3N3O3. The van der Waals surface area contributed by atoms with Crippen LogP contribution in [0.1, 0.15) is 0 Å². The second-order valence-electron chi connectivity index (χ2n) is 6.91. The molecule has 3 aromatic rings. The van der Waals surface area contributed by atoms with Gasteiger partial charge in [0.2, 0.25) is 0 Å². The van der Waals surface area contributed by atoms with Crippen molar-refractivity contribution in [3.63, 3.8) is 0 Å². The van der Waals surface area contributed by atoms with E-state index in [9.17, 15) is 0 Å². The summed E-state index contributed by atoms with van der Waals surface area (Å²) in [5.74, 6) is 0. The minimum Gasteiger partial charge on any atom is -0.402 e. The fourth-order valence-corrected chi connectivity index (χ4v) is 3.98. The Morgan fingerprint density at radius 3 is 0.867 bits per heavy atom. The molecular weight excluding hydrogens is 375 g/mol. The summed E-state index contributed by atoms with van der Waals surface area (Å²) < 4.78 is 24.4. The maximum absolute atomic E-state index is 6.04. The first-order valence-corrected chi connectivity index (χ1v) is 9.88. The molecule has 0 saturated carbocycles. The lowest BCUT2D eigenvalue weighted by atomic mass is 9.60. The van der Waals surface area contributed by atoms with Crippen molar-refractivity contribution < 1.29 is 14.0 Å². The van der Waals surface area contributed by atoms with E-state index in [0.29, 0.717) is 0 Å². The number of para-hydroxylation sites is 3. The molecule has 1 aliphatic rings. The van der Waals surface area contributed by atoms with Gasteiger partial charge in [-0.25, -0.2) is 0 Å². The van der Waals surface area contributed by atoms with Crippen molar-refractivity contribution in [2.75, 3.05) is 35.5 Å². The van der Waals surface area contributed by atoms with E-state index in [1.807, 2.05) is 54.6 Å². The highest BCUT2D eigenvalue weighted by atomic mass is 16.5.